The normalized spacial score (nSPS) is 11.7. The predicted octanol–water partition coefficient (Wildman–Crippen LogP) is 5.27. The molecule has 0 unspecified atom stereocenters. The Morgan fingerprint density at radius 2 is 1.63 bits per heavy atom. The van der Waals surface area contributed by atoms with Crippen LogP contribution in [0.5, 0.6) is 5.75 Å². The van der Waals surface area contributed by atoms with Crippen LogP contribution in [0.4, 0.5) is 0 Å². The number of aromatic carboxylic acids is 1. The van der Waals surface area contributed by atoms with E-state index in [2.05, 4.69) is 10.2 Å². The number of benzene rings is 3. The molecule has 2 N–H and O–H groups in total. The zero-order valence-electron chi connectivity index (χ0n) is 16.8. The summed E-state index contributed by atoms with van der Waals surface area (Å²) in [6, 6.07) is 18.7. The van der Waals surface area contributed by atoms with Crippen LogP contribution >= 0.6 is 11.8 Å². The monoisotopic (exact) mass is 419 g/mol. The van der Waals surface area contributed by atoms with Crippen molar-refractivity contribution < 1.29 is 15.0 Å². The second kappa shape index (κ2) is 7.50. The second-order valence-corrected chi connectivity index (χ2v) is 9.15. The van der Waals surface area contributed by atoms with Crippen LogP contribution in [0.15, 0.2) is 70.5 Å². The number of phenols is 1. The fraction of sp³-hybridized carbons (Fsp3) is 0.174. The first-order valence-corrected chi connectivity index (χ1v) is 10.3. The summed E-state index contributed by atoms with van der Waals surface area (Å²) in [5, 5.41) is 29.3. The van der Waals surface area contributed by atoms with Crippen LogP contribution < -0.4 is 0 Å². The van der Waals surface area contributed by atoms with Gasteiger partial charge in [-0.3, -0.25) is 0 Å². The molecule has 4 rings (SSSR count). The van der Waals surface area contributed by atoms with E-state index in [9.17, 15) is 15.0 Å². The maximum atomic E-state index is 11.6. The number of fused-ring (bicyclic) bond motifs is 1. The maximum Gasteiger partial charge on any atom is 0.335 e. The van der Waals surface area contributed by atoms with Crippen molar-refractivity contribution in [1.29, 1.82) is 0 Å². The van der Waals surface area contributed by atoms with Crippen molar-refractivity contribution in [3.63, 3.8) is 0 Å². The molecule has 3 aromatic carbocycles. The standard InChI is InChI=1S/C23H21N3O3S/c1-23(2,3)17-11-14(22(28)29)12-20(21(17)27)26-24-18-10-9-16(13-19(18)25-26)30-15-7-5-4-6-8-15/h4-13,27H,1-3H3,(H,28,29). The van der Waals surface area contributed by atoms with Crippen LogP contribution in [-0.4, -0.2) is 31.2 Å². The molecule has 0 amide bonds. The summed E-state index contributed by atoms with van der Waals surface area (Å²) in [7, 11) is 0. The summed E-state index contributed by atoms with van der Waals surface area (Å²) >= 11 is 1.62. The summed E-state index contributed by atoms with van der Waals surface area (Å²) in [5.41, 5.74) is 1.72. The predicted molar refractivity (Wildman–Crippen MR) is 117 cm³/mol. The fourth-order valence-electron chi connectivity index (χ4n) is 3.16. The fourth-order valence-corrected chi connectivity index (χ4v) is 4.03. The molecule has 1 heterocycles. The molecule has 1 aromatic heterocycles. The molecule has 0 aliphatic carbocycles. The lowest BCUT2D eigenvalue weighted by Crippen LogP contribution is -2.15. The molecule has 0 spiro atoms. The summed E-state index contributed by atoms with van der Waals surface area (Å²) in [4.78, 5) is 15.1. The lowest BCUT2D eigenvalue weighted by atomic mass is 9.85. The highest BCUT2D eigenvalue weighted by Gasteiger charge is 2.24. The molecule has 6 nitrogen and oxygen atoms in total. The minimum Gasteiger partial charge on any atom is -0.505 e. The van der Waals surface area contributed by atoms with Gasteiger partial charge in [0.1, 0.15) is 22.5 Å². The molecule has 30 heavy (non-hydrogen) atoms. The van der Waals surface area contributed by atoms with E-state index in [4.69, 9.17) is 0 Å². The van der Waals surface area contributed by atoms with Crippen LogP contribution in [0.2, 0.25) is 0 Å². The van der Waals surface area contributed by atoms with E-state index in [0.29, 0.717) is 16.6 Å². The van der Waals surface area contributed by atoms with Crippen LogP contribution in [0.3, 0.4) is 0 Å². The number of carbonyl (C=O) groups is 1. The molecule has 0 bridgehead atoms. The zero-order valence-corrected chi connectivity index (χ0v) is 17.6. The van der Waals surface area contributed by atoms with Crippen LogP contribution in [0, 0.1) is 0 Å². The third kappa shape index (κ3) is 3.89. The van der Waals surface area contributed by atoms with E-state index in [-0.39, 0.29) is 17.0 Å². The lowest BCUT2D eigenvalue weighted by Gasteiger charge is -2.22. The van der Waals surface area contributed by atoms with E-state index in [1.807, 2.05) is 69.3 Å². The van der Waals surface area contributed by atoms with Crippen molar-refractivity contribution in [1.82, 2.24) is 15.0 Å². The van der Waals surface area contributed by atoms with Gasteiger partial charge >= 0.3 is 5.97 Å². The molecule has 0 aliphatic rings. The van der Waals surface area contributed by atoms with E-state index >= 15 is 0 Å². The molecule has 4 aromatic rings. The number of nitrogens with zero attached hydrogens (tertiary/aromatic N) is 3. The highest BCUT2D eigenvalue weighted by atomic mass is 32.2. The van der Waals surface area contributed by atoms with E-state index in [1.165, 1.54) is 16.9 Å². The summed E-state index contributed by atoms with van der Waals surface area (Å²) in [6.45, 7) is 5.74. The quantitative estimate of drug-likeness (QED) is 0.468. The zero-order chi connectivity index (χ0) is 21.5. The van der Waals surface area contributed by atoms with Gasteiger partial charge in [-0.15, -0.1) is 15.0 Å². The maximum absolute atomic E-state index is 11.6. The van der Waals surface area contributed by atoms with Gasteiger partial charge in [0.2, 0.25) is 0 Å². The molecular formula is C23H21N3O3S. The molecule has 0 saturated carbocycles. The number of hydrogen-bond donors (Lipinski definition) is 2. The van der Waals surface area contributed by atoms with E-state index in [0.717, 1.165) is 9.79 Å². The first-order valence-electron chi connectivity index (χ1n) is 9.43. The molecule has 7 heteroatoms. The topological polar surface area (TPSA) is 88.2 Å². The summed E-state index contributed by atoms with van der Waals surface area (Å²) in [5.74, 6) is -1.09. The van der Waals surface area contributed by atoms with Crippen molar-refractivity contribution in [2.24, 2.45) is 0 Å². The van der Waals surface area contributed by atoms with Crippen molar-refractivity contribution in [2.45, 2.75) is 36.0 Å². The van der Waals surface area contributed by atoms with E-state index in [1.54, 1.807) is 11.8 Å². The summed E-state index contributed by atoms with van der Waals surface area (Å²) < 4.78 is 0. The minimum absolute atomic E-state index is 0.0216. The van der Waals surface area contributed by atoms with Crippen molar-refractivity contribution in [2.75, 3.05) is 0 Å². The Kier molecular flexibility index (Phi) is 4.99. The average molecular weight is 420 g/mol. The Balaban J connectivity index is 1.79. The molecule has 0 radical (unpaired) electrons. The Morgan fingerprint density at radius 3 is 2.30 bits per heavy atom. The van der Waals surface area contributed by atoms with Gasteiger partial charge in [0.25, 0.3) is 0 Å². The smallest absolute Gasteiger partial charge is 0.335 e. The molecule has 0 aliphatic heterocycles. The van der Waals surface area contributed by atoms with Gasteiger partial charge in [0, 0.05) is 15.4 Å². The van der Waals surface area contributed by atoms with Gasteiger partial charge in [0.15, 0.2) is 0 Å². The number of hydrogen-bond acceptors (Lipinski definition) is 5. The Labute approximate surface area is 178 Å². The van der Waals surface area contributed by atoms with Gasteiger partial charge in [-0.05, 0) is 47.9 Å². The number of rotatable bonds is 4. The van der Waals surface area contributed by atoms with Gasteiger partial charge in [-0.1, -0.05) is 50.7 Å². The lowest BCUT2D eigenvalue weighted by molar-refractivity contribution is 0.0696. The largest absolute Gasteiger partial charge is 0.505 e. The molecule has 0 fully saturated rings. The van der Waals surface area contributed by atoms with Crippen LogP contribution in [0.1, 0.15) is 36.7 Å². The average Bonchev–Trinajstić information content (AvgIpc) is 3.11. The van der Waals surface area contributed by atoms with Gasteiger partial charge < -0.3 is 10.2 Å². The minimum atomic E-state index is -1.07. The van der Waals surface area contributed by atoms with Crippen LogP contribution in [-0.2, 0) is 5.41 Å². The Morgan fingerprint density at radius 1 is 0.933 bits per heavy atom. The molecule has 0 saturated heterocycles. The number of carboxylic acid groups (broad SMARTS) is 1. The molecule has 0 atom stereocenters. The SMILES string of the molecule is CC(C)(C)c1cc(C(=O)O)cc(-n2nc3ccc(Sc4ccccc4)cc3n2)c1O. The van der Waals surface area contributed by atoms with Gasteiger partial charge in [-0.2, -0.15) is 0 Å². The second-order valence-electron chi connectivity index (χ2n) is 8.00. The highest BCUT2D eigenvalue weighted by Crippen LogP contribution is 2.36. The number of carboxylic acids is 1. The third-order valence-corrected chi connectivity index (χ3v) is 5.69. The first-order chi connectivity index (χ1) is 14.2. The highest BCUT2D eigenvalue weighted by molar-refractivity contribution is 7.99. The number of aromatic nitrogens is 3. The van der Waals surface area contributed by atoms with Crippen molar-refractivity contribution >= 4 is 28.8 Å². The number of aromatic hydroxyl groups is 1. The summed E-state index contributed by atoms with van der Waals surface area (Å²) in [6.07, 6.45) is 0. The number of phenolic OH excluding ortho intramolecular Hbond substituents is 1. The molecule has 152 valence electrons. The van der Waals surface area contributed by atoms with Gasteiger partial charge in [-0.25, -0.2) is 4.79 Å². The third-order valence-electron chi connectivity index (χ3n) is 4.69. The van der Waals surface area contributed by atoms with Crippen LogP contribution in [0.25, 0.3) is 16.7 Å². The van der Waals surface area contributed by atoms with Crippen molar-refractivity contribution in [3.8, 4) is 11.4 Å². The van der Waals surface area contributed by atoms with Crippen molar-refractivity contribution in [3.05, 3.63) is 71.8 Å². The first kappa shape index (κ1) is 20.0. The molecular weight excluding hydrogens is 398 g/mol. The van der Waals surface area contributed by atoms with E-state index < -0.39 is 11.4 Å². The Bertz CT molecular complexity index is 1240. The Hall–Kier alpha value is -3.32. The van der Waals surface area contributed by atoms with Gasteiger partial charge in [0.05, 0.1) is 5.56 Å².